The Morgan fingerprint density at radius 3 is 2.35 bits per heavy atom. The highest BCUT2D eigenvalue weighted by Gasteiger charge is 2.07. The zero-order chi connectivity index (χ0) is 12.9. The van der Waals surface area contributed by atoms with Gasteiger partial charge in [-0.15, -0.1) is 0 Å². The summed E-state index contributed by atoms with van der Waals surface area (Å²) in [6.07, 6.45) is 2.73. The van der Waals surface area contributed by atoms with Crippen LogP contribution in [0.3, 0.4) is 0 Å². The highest BCUT2D eigenvalue weighted by atomic mass is 16.4. The van der Waals surface area contributed by atoms with E-state index in [0.717, 1.165) is 18.2 Å². The van der Waals surface area contributed by atoms with Crippen LogP contribution in [0.15, 0.2) is 30.3 Å². The summed E-state index contributed by atoms with van der Waals surface area (Å²) in [5.74, 6) is -0.927. The van der Waals surface area contributed by atoms with Gasteiger partial charge in [-0.05, 0) is 38.0 Å². The Balaban J connectivity index is 2.59. The minimum absolute atomic E-state index is 0.0991. The molecule has 0 bridgehead atoms. The maximum absolute atomic E-state index is 10.4. The lowest BCUT2D eigenvalue weighted by molar-refractivity contribution is -0.131. The van der Waals surface area contributed by atoms with Crippen LogP contribution in [0.5, 0.6) is 0 Å². The van der Waals surface area contributed by atoms with Gasteiger partial charge in [-0.25, -0.2) is 4.79 Å². The van der Waals surface area contributed by atoms with Crippen LogP contribution in [0, 0.1) is 0 Å². The molecule has 2 N–H and O–H groups in total. The van der Waals surface area contributed by atoms with Crippen molar-refractivity contribution in [3.05, 3.63) is 41.5 Å². The van der Waals surface area contributed by atoms with Crippen molar-refractivity contribution >= 4 is 12.0 Å². The number of carbonyl (C=O) groups is 1. The normalized spacial score (nSPS) is 11.9. The molecule has 17 heavy (non-hydrogen) atoms. The van der Waals surface area contributed by atoms with Crippen molar-refractivity contribution in [1.29, 1.82) is 0 Å². The quantitative estimate of drug-likeness (QED) is 0.786. The van der Waals surface area contributed by atoms with Gasteiger partial charge in [0.1, 0.15) is 0 Å². The molecular weight excluding hydrogens is 214 g/mol. The summed E-state index contributed by atoms with van der Waals surface area (Å²) in [5.41, 5.74) is 2.18. The largest absolute Gasteiger partial charge is 0.478 e. The third-order valence-electron chi connectivity index (χ3n) is 2.22. The van der Waals surface area contributed by atoms with Crippen molar-refractivity contribution in [1.82, 2.24) is 5.32 Å². The number of nitrogens with one attached hydrogen (secondary N) is 1. The molecule has 3 heteroatoms. The van der Waals surface area contributed by atoms with Gasteiger partial charge in [0.25, 0.3) is 0 Å². The van der Waals surface area contributed by atoms with Crippen molar-refractivity contribution in [2.45, 2.75) is 32.9 Å². The Morgan fingerprint density at radius 1 is 1.29 bits per heavy atom. The second-order valence-corrected chi connectivity index (χ2v) is 5.02. The third kappa shape index (κ3) is 5.88. The predicted molar refractivity (Wildman–Crippen MR) is 69.7 cm³/mol. The summed E-state index contributed by atoms with van der Waals surface area (Å²) in [5, 5.41) is 11.9. The van der Waals surface area contributed by atoms with Crippen LogP contribution in [0.25, 0.3) is 6.08 Å². The number of hydrogen-bond acceptors (Lipinski definition) is 2. The van der Waals surface area contributed by atoms with Crippen molar-refractivity contribution in [3.63, 3.8) is 0 Å². The number of hydrogen-bond donors (Lipinski definition) is 2. The third-order valence-corrected chi connectivity index (χ3v) is 2.22. The van der Waals surface area contributed by atoms with E-state index in [1.807, 2.05) is 24.3 Å². The Kier molecular flexibility index (Phi) is 4.46. The molecule has 0 fully saturated rings. The van der Waals surface area contributed by atoms with E-state index in [9.17, 15) is 4.79 Å². The van der Waals surface area contributed by atoms with E-state index in [1.54, 1.807) is 6.08 Å². The minimum Gasteiger partial charge on any atom is -0.478 e. The second kappa shape index (κ2) is 5.64. The SMILES string of the molecule is CC(C)(C)NCc1ccc(C=CC(=O)O)cc1. The van der Waals surface area contributed by atoms with Gasteiger partial charge >= 0.3 is 5.97 Å². The molecular formula is C14H19NO2. The zero-order valence-corrected chi connectivity index (χ0v) is 10.5. The fourth-order valence-electron chi connectivity index (χ4n) is 1.28. The molecule has 0 aromatic heterocycles. The average molecular weight is 233 g/mol. The van der Waals surface area contributed by atoms with Gasteiger partial charge in [0, 0.05) is 18.2 Å². The molecule has 0 radical (unpaired) electrons. The van der Waals surface area contributed by atoms with Crippen LogP contribution < -0.4 is 5.32 Å². The van der Waals surface area contributed by atoms with Crippen LogP contribution in [0.4, 0.5) is 0 Å². The van der Waals surface area contributed by atoms with Gasteiger partial charge in [-0.2, -0.15) is 0 Å². The molecule has 0 saturated carbocycles. The lowest BCUT2D eigenvalue weighted by atomic mass is 10.1. The molecule has 0 aliphatic rings. The monoisotopic (exact) mass is 233 g/mol. The van der Waals surface area contributed by atoms with Gasteiger partial charge in [-0.3, -0.25) is 0 Å². The molecule has 1 aromatic carbocycles. The summed E-state index contributed by atoms with van der Waals surface area (Å²) in [4.78, 5) is 10.4. The van der Waals surface area contributed by atoms with E-state index >= 15 is 0 Å². The topological polar surface area (TPSA) is 49.3 Å². The van der Waals surface area contributed by atoms with Crippen LogP contribution in [0.1, 0.15) is 31.9 Å². The molecule has 0 aliphatic heterocycles. The fourth-order valence-corrected chi connectivity index (χ4v) is 1.28. The maximum Gasteiger partial charge on any atom is 0.328 e. The Labute approximate surface area is 102 Å². The molecule has 0 unspecified atom stereocenters. The first-order valence-electron chi connectivity index (χ1n) is 5.62. The van der Waals surface area contributed by atoms with Crippen molar-refractivity contribution in [3.8, 4) is 0 Å². The maximum atomic E-state index is 10.4. The van der Waals surface area contributed by atoms with E-state index in [0.29, 0.717) is 0 Å². The predicted octanol–water partition coefficient (Wildman–Crippen LogP) is 2.67. The van der Waals surface area contributed by atoms with Crippen LogP contribution in [0.2, 0.25) is 0 Å². The summed E-state index contributed by atoms with van der Waals surface area (Å²) >= 11 is 0. The molecule has 92 valence electrons. The molecule has 0 amide bonds. The summed E-state index contributed by atoms with van der Waals surface area (Å²) < 4.78 is 0. The highest BCUT2D eigenvalue weighted by Crippen LogP contribution is 2.08. The smallest absolute Gasteiger partial charge is 0.328 e. The van der Waals surface area contributed by atoms with Crippen molar-refractivity contribution < 1.29 is 9.90 Å². The molecule has 0 aliphatic carbocycles. The molecule has 1 aromatic rings. The van der Waals surface area contributed by atoms with Crippen molar-refractivity contribution in [2.24, 2.45) is 0 Å². The average Bonchev–Trinajstić information content (AvgIpc) is 2.24. The van der Waals surface area contributed by atoms with Crippen LogP contribution in [-0.2, 0) is 11.3 Å². The number of rotatable bonds is 4. The van der Waals surface area contributed by atoms with Gasteiger partial charge < -0.3 is 10.4 Å². The van der Waals surface area contributed by atoms with Gasteiger partial charge in [0.2, 0.25) is 0 Å². The Hall–Kier alpha value is -1.61. The summed E-state index contributed by atoms with van der Waals surface area (Å²) in [6.45, 7) is 7.18. The van der Waals surface area contributed by atoms with E-state index in [1.165, 1.54) is 5.56 Å². The Bertz CT molecular complexity index is 399. The van der Waals surface area contributed by atoms with E-state index in [2.05, 4.69) is 26.1 Å². The minimum atomic E-state index is -0.927. The first kappa shape index (κ1) is 13.5. The molecule has 0 spiro atoms. The summed E-state index contributed by atoms with van der Waals surface area (Å²) in [6, 6.07) is 7.83. The summed E-state index contributed by atoms with van der Waals surface area (Å²) in [7, 11) is 0. The van der Waals surface area contributed by atoms with E-state index in [4.69, 9.17) is 5.11 Å². The first-order chi connectivity index (χ1) is 7.87. The van der Waals surface area contributed by atoms with Gasteiger partial charge in [0.15, 0.2) is 0 Å². The highest BCUT2D eigenvalue weighted by molar-refractivity contribution is 5.85. The molecule has 0 saturated heterocycles. The van der Waals surface area contributed by atoms with Crippen LogP contribution >= 0.6 is 0 Å². The second-order valence-electron chi connectivity index (χ2n) is 5.02. The lowest BCUT2D eigenvalue weighted by Gasteiger charge is -2.20. The Morgan fingerprint density at radius 2 is 1.88 bits per heavy atom. The van der Waals surface area contributed by atoms with Gasteiger partial charge in [-0.1, -0.05) is 24.3 Å². The molecule has 0 heterocycles. The number of aliphatic carboxylic acids is 1. The zero-order valence-electron chi connectivity index (χ0n) is 10.5. The van der Waals surface area contributed by atoms with E-state index < -0.39 is 5.97 Å². The number of carboxylic acids is 1. The van der Waals surface area contributed by atoms with Crippen LogP contribution in [-0.4, -0.2) is 16.6 Å². The molecule has 1 rings (SSSR count). The molecule has 3 nitrogen and oxygen atoms in total. The number of benzene rings is 1. The van der Waals surface area contributed by atoms with Gasteiger partial charge in [0.05, 0.1) is 0 Å². The fraction of sp³-hybridized carbons (Fsp3) is 0.357. The number of carboxylic acid groups (broad SMARTS) is 1. The molecule has 0 atom stereocenters. The van der Waals surface area contributed by atoms with Crippen molar-refractivity contribution in [2.75, 3.05) is 0 Å². The standard InChI is InChI=1S/C14H19NO2/c1-14(2,3)15-10-12-6-4-11(5-7-12)8-9-13(16)17/h4-9,15H,10H2,1-3H3,(H,16,17). The lowest BCUT2D eigenvalue weighted by Crippen LogP contribution is -2.35. The first-order valence-corrected chi connectivity index (χ1v) is 5.62. The van der Waals surface area contributed by atoms with E-state index in [-0.39, 0.29) is 5.54 Å².